The highest BCUT2D eigenvalue weighted by molar-refractivity contribution is 5.90. The first-order valence-electron chi connectivity index (χ1n) is 12.8. The van der Waals surface area contributed by atoms with Gasteiger partial charge in [0, 0.05) is 6.42 Å². The normalized spacial score (nSPS) is 38.2. The van der Waals surface area contributed by atoms with Crippen molar-refractivity contribution in [1.82, 2.24) is 0 Å². The molecule has 0 aromatic carbocycles. The van der Waals surface area contributed by atoms with Crippen LogP contribution in [0.2, 0.25) is 0 Å². The number of allylic oxidation sites excluding steroid dienone is 4. The Hall–Kier alpha value is -2.22. The molecule has 0 amide bonds. The van der Waals surface area contributed by atoms with E-state index in [-0.39, 0.29) is 30.8 Å². The number of oxime groups is 1. The molecule has 0 unspecified atom stereocenters. The number of hydrogen-bond donors (Lipinski definition) is 3. The van der Waals surface area contributed by atoms with E-state index < -0.39 is 24.3 Å². The number of rotatable bonds is 9. The fraction of sp³-hybridized carbons (Fsp3) is 0.643. The van der Waals surface area contributed by atoms with Gasteiger partial charge in [-0.3, -0.25) is 4.79 Å². The summed E-state index contributed by atoms with van der Waals surface area (Å²) in [4.78, 5) is 11.1. The molecule has 194 valence electrons. The predicted octanol–water partition coefficient (Wildman–Crippen LogP) is 4.90. The molecule has 0 radical (unpaired) electrons. The molecule has 1 saturated carbocycles. The summed E-state index contributed by atoms with van der Waals surface area (Å²) in [7, 11) is 0. The fourth-order valence-corrected chi connectivity index (χ4v) is 5.20. The van der Waals surface area contributed by atoms with Gasteiger partial charge in [-0.15, -0.1) is 0 Å². The molecular formula is C28H41NO6. The molecule has 3 aliphatic rings. The fourth-order valence-electron chi connectivity index (χ4n) is 5.20. The lowest BCUT2D eigenvalue weighted by Gasteiger charge is -2.32. The van der Waals surface area contributed by atoms with E-state index in [0.29, 0.717) is 23.7 Å². The van der Waals surface area contributed by atoms with Crippen molar-refractivity contribution >= 4 is 11.7 Å². The summed E-state index contributed by atoms with van der Waals surface area (Å²) in [5.74, 6) is 0.518. The first-order chi connectivity index (χ1) is 16.6. The number of carboxylic acids is 1. The topological polar surface area (TPSA) is 109 Å². The molecule has 35 heavy (non-hydrogen) atoms. The third-order valence-corrected chi connectivity index (χ3v) is 7.54. The monoisotopic (exact) mass is 487 g/mol. The molecule has 2 aliphatic heterocycles. The minimum atomic E-state index is -1.08. The van der Waals surface area contributed by atoms with Crippen LogP contribution in [0.1, 0.15) is 60.3 Å². The van der Waals surface area contributed by atoms with Gasteiger partial charge in [-0.05, 0) is 61.5 Å². The van der Waals surface area contributed by atoms with Crippen molar-refractivity contribution in [3.63, 3.8) is 0 Å². The van der Waals surface area contributed by atoms with Crippen LogP contribution >= 0.6 is 0 Å². The van der Waals surface area contributed by atoms with Crippen molar-refractivity contribution in [2.45, 2.75) is 90.8 Å². The van der Waals surface area contributed by atoms with Crippen LogP contribution in [0, 0.1) is 23.7 Å². The Labute approximate surface area is 208 Å². The van der Waals surface area contributed by atoms with Gasteiger partial charge in [0.2, 0.25) is 0 Å². The minimum Gasteiger partial charge on any atom is -0.481 e. The van der Waals surface area contributed by atoms with Crippen molar-refractivity contribution in [3.05, 3.63) is 47.6 Å². The molecule has 9 atom stereocenters. The predicted molar refractivity (Wildman–Crippen MR) is 135 cm³/mol. The molecule has 0 bridgehead atoms. The Morgan fingerprint density at radius 2 is 1.97 bits per heavy atom. The number of ether oxygens (including phenoxy) is 2. The van der Waals surface area contributed by atoms with Crippen molar-refractivity contribution in [1.29, 1.82) is 0 Å². The largest absolute Gasteiger partial charge is 0.481 e. The number of carbonyl (C=O) groups is 1. The molecule has 2 fully saturated rings. The summed E-state index contributed by atoms with van der Waals surface area (Å²) in [5.41, 5.74) is 2.76. The van der Waals surface area contributed by atoms with Gasteiger partial charge < -0.3 is 24.9 Å². The van der Waals surface area contributed by atoms with E-state index in [4.69, 9.17) is 14.6 Å². The zero-order valence-electron chi connectivity index (χ0n) is 21.5. The molecule has 3 rings (SSSR count). The number of aliphatic hydroxyl groups excluding tert-OH is 1. The van der Waals surface area contributed by atoms with E-state index in [1.807, 2.05) is 6.08 Å². The van der Waals surface area contributed by atoms with Crippen LogP contribution in [0.3, 0.4) is 0 Å². The molecule has 2 heterocycles. The maximum absolute atomic E-state index is 11.1. The van der Waals surface area contributed by atoms with Gasteiger partial charge in [-0.25, -0.2) is 0 Å². The number of aliphatic carboxylic acids is 1. The molecule has 0 aromatic rings. The van der Waals surface area contributed by atoms with E-state index in [1.165, 1.54) is 11.1 Å². The van der Waals surface area contributed by atoms with Gasteiger partial charge in [0.1, 0.15) is 12.2 Å². The number of nitrogens with zero attached hydrogens (tertiary/aromatic N) is 1. The molecular weight excluding hydrogens is 446 g/mol. The average molecular weight is 488 g/mol. The summed E-state index contributed by atoms with van der Waals surface area (Å²) in [6.45, 7) is 10.8. The summed E-state index contributed by atoms with van der Waals surface area (Å²) in [6.07, 6.45) is 12.7. The molecule has 1 saturated heterocycles. The van der Waals surface area contributed by atoms with E-state index in [0.717, 1.165) is 12.8 Å². The summed E-state index contributed by atoms with van der Waals surface area (Å²) < 4.78 is 12.0. The second-order valence-corrected chi connectivity index (χ2v) is 10.3. The van der Waals surface area contributed by atoms with Crippen LogP contribution < -0.4 is 0 Å². The van der Waals surface area contributed by atoms with Crippen molar-refractivity contribution in [2.24, 2.45) is 28.8 Å². The Morgan fingerprint density at radius 3 is 2.63 bits per heavy atom. The molecule has 1 aliphatic carbocycles. The third kappa shape index (κ3) is 7.15. The average Bonchev–Trinajstić information content (AvgIpc) is 3.44. The maximum atomic E-state index is 11.1. The quantitative estimate of drug-likeness (QED) is 0.242. The molecule has 0 aromatic heterocycles. The maximum Gasteiger partial charge on any atom is 0.305 e. The van der Waals surface area contributed by atoms with Gasteiger partial charge in [0.05, 0.1) is 30.4 Å². The molecule has 3 N–H and O–H groups in total. The van der Waals surface area contributed by atoms with Crippen LogP contribution in [-0.2, 0) is 14.3 Å². The Balaban J connectivity index is 1.55. The molecule has 7 heteroatoms. The zero-order chi connectivity index (χ0) is 25.7. The number of carboxylic acid groups (broad SMARTS) is 1. The number of aliphatic hydroxyl groups is 1. The SMILES string of the molecule is CC[C@H]1O[C@@H](/C(C)=C/[C@H](C)/C=C/[C@H]2[C@@H](C)[C@@H]2/C=C/[C@@H]2O[C@H](CC(=O)O)C/C(=N/O)[C@H]2O)CC=C1C. The van der Waals surface area contributed by atoms with Crippen molar-refractivity contribution in [3.8, 4) is 0 Å². The molecule has 0 spiro atoms. The second-order valence-electron chi connectivity index (χ2n) is 10.3. The highest BCUT2D eigenvalue weighted by Crippen LogP contribution is 2.48. The summed E-state index contributed by atoms with van der Waals surface area (Å²) in [5, 5.41) is 31.8. The van der Waals surface area contributed by atoms with Gasteiger partial charge in [-0.1, -0.05) is 62.4 Å². The first-order valence-corrected chi connectivity index (χ1v) is 12.8. The van der Waals surface area contributed by atoms with Crippen LogP contribution in [0.5, 0.6) is 0 Å². The standard InChI is InChI=1S/C28H41NO6/c1-6-24-17(3)8-11-25(35-24)18(4)13-16(2)7-9-21-19(5)22(21)10-12-26-28(32)23(29-33)14-20(34-26)15-27(30)31/h7-10,12-13,16,19-22,24-26,28,32-33H,6,11,14-15H2,1-5H3,(H,30,31)/b9-7+,12-10+,18-13+,29-23-/t16-,19-,20+,21+,22+,24-,25-,26+,28-/m1/s1. The highest BCUT2D eigenvalue weighted by Gasteiger charge is 2.43. The van der Waals surface area contributed by atoms with Gasteiger partial charge in [-0.2, -0.15) is 0 Å². The lowest BCUT2D eigenvalue weighted by Crippen LogP contribution is -2.45. The lowest BCUT2D eigenvalue weighted by molar-refractivity contribution is -0.142. The van der Waals surface area contributed by atoms with Crippen LogP contribution in [0.25, 0.3) is 0 Å². The van der Waals surface area contributed by atoms with Crippen molar-refractivity contribution < 1.29 is 29.7 Å². The smallest absolute Gasteiger partial charge is 0.305 e. The van der Waals surface area contributed by atoms with E-state index in [9.17, 15) is 15.1 Å². The van der Waals surface area contributed by atoms with Crippen LogP contribution in [0.4, 0.5) is 0 Å². The number of hydrogen-bond acceptors (Lipinski definition) is 6. The van der Waals surface area contributed by atoms with Crippen LogP contribution in [-0.4, -0.2) is 57.6 Å². The highest BCUT2D eigenvalue weighted by atomic mass is 16.5. The lowest BCUT2D eigenvalue weighted by atomic mass is 9.96. The third-order valence-electron chi connectivity index (χ3n) is 7.54. The summed E-state index contributed by atoms with van der Waals surface area (Å²) >= 11 is 0. The van der Waals surface area contributed by atoms with Gasteiger partial charge in [0.25, 0.3) is 0 Å². The van der Waals surface area contributed by atoms with Crippen molar-refractivity contribution in [2.75, 3.05) is 0 Å². The van der Waals surface area contributed by atoms with E-state index >= 15 is 0 Å². The Morgan fingerprint density at radius 1 is 1.26 bits per heavy atom. The van der Waals surface area contributed by atoms with E-state index in [2.05, 4.69) is 64.1 Å². The van der Waals surface area contributed by atoms with Gasteiger partial charge >= 0.3 is 5.97 Å². The molecule has 7 nitrogen and oxygen atoms in total. The zero-order valence-corrected chi connectivity index (χ0v) is 21.5. The second kappa shape index (κ2) is 12.2. The Kier molecular flexibility index (Phi) is 9.50. The van der Waals surface area contributed by atoms with Crippen LogP contribution in [0.15, 0.2) is 52.8 Å². The Bertz CT molecular complexity index is 903. The first kappa shape index (κ1) is 27.4. The van der Waals surface area contributed by atoms with E-state index in [1.54, 1.807) is 6.08 Å². The minimum absolute atomic E-state index is 0.102. The summed E-state index contributed by atoms with van der Waals surface area (Å²) in [6, 6.07) is 0. The van der Waals surface area contributed by atoms with Gasteiger partial charge in [0.15, 0.2) is 0 Å².